The molecule has 0 saturated carbocycles. The van der Waals surface area contributed by atoms with Gasteiger partial charge in [0.05, 0.1) is 16.5 Å². The van der Waals surface area contributed by atoms with Gasteiger partial charge in [0.15, 0.2) is 0 Å². The summed E-state index contributed by atoms with van der Waals surface area (Å²) in [7, 11) is 0. The van der Waals surface area contributed by atoms with E-state index < -0.39 is 0 Å². The number of halogens is 1. The van der Waals surface area contributed by atoms with Gasteiger partial charge in [-0.15, -0.1) is 11.8 Å². The maximum Gasteiger partial charge on any atom is 0.234 e. The fraction of sp³-hybridized carbons (Fsp3) is 0.0714. The SMILES string of the molecule is Nc1ccc(NC(=O)CSc2ccccc2)c(Cl)c1. The third-order valence-electron chi connectivity index (χ3n) is 2.38. The lowest BCUT2D eigenvalue weighted by atomic mass is 10.3. The Morgan fingerprint density at radius 3 is 2.63 bits per heavy atom. The molecule has 19 heavy (non-hydrogen) atoms. The average Bonchev–Trinajstić information content (AvgIpc) is 2.41. The molecule has 0 bridgehead atoms. The number of nitrogens with two attached hydrogens (primary N) is 1. The minimum absolute atomic E-state index is 0.0967. The number of carbonyl (C=O) groups is 1. The van der Waals surface area contributed by atoms with E-state index >= 15 is 0 Å². The molecule has 0 aliphatic rings. The number of hydrogen-bond acceptors (Lipinski definition) is 3. The number of nitrogen functional groups attached to an aromatic ring is 1. The summed E-state index contributed by atoms with van der Waals surface area (Å²) in [6, 6.07) is 14.8. The molecule has 0 fully saturated rings. The van der Waals surface area contributed by atoms with Crippen molar-refractivity contribution in [3.8, 4) is 0 Å². The zero-order valence-electron chi connectivity index (χ0n) is 10.1. The van der Waals surface area contributed by atoms with Crippen LogP contribution >= 0.6 is 23.4 Å². The van der Waals surface area contributed by atoms with Crippen molar-refractivity contribution in [2.45, 2.75) is 4.90 Å². The van der Waals surface area contributed by atoms with Crippen LogP contribution in [0.2, 0.25) is 5.02 Å². The molecule has 0 saturated heterocycles. The molecule has 0 aliphatic carbocycles. The van der Waals surface area contributed by atoms with E-state index in [-0.39, 0.29) is 5.91 Å². The third kappa shape index (κ3) is 4.19. The number of benzene rings is 2. The van der Waals surface area contributed by atoms with Gasteiger partial charge in [0, 0.05) is 10.6 Å². The van der Waals surface area contributed by atoms with Gasteiger partial charge >= 0.3 is 0 Å². The number of amides is 1. The first-order valence-corrected chi connectivity index (χ1v) is 7.04. The van der Waals surface area contributed by atoms with Crippen LogP contribution in [0, 0.1) is 0 Å². The first-order valence-electron chi connectivity index (χ1n) is 5.68. The molecule has 3 nitrogen and oxygen atoms in total. The van der Waals surface area contributed by atoms with Crippen molar-refractivity contribution >= 4 is 40.6 Å². The molecule has 2 aromatic carbocycles. The van der Waals surface area contributed by atoms with Crippen LogP contribution in [0.15, 0.2) is 53.4 Å². The van der Waals surface area contributed by atoms with E-state index in [1.54, 1.807) is 18.2 Å². The van der Waals surface area contributed by atoms with E-state index in [2.05, 4.69) is 5.32 Å². The molecule has 5 heteroatoms. The fourth-order valence-electron chi connectivity index (χ4n) is 1.48. The Labute approximate surface area is 121 Å². The standard InChI is InChI=1S/C14H13ClN2OS/c15-12-8-10(16)6-7-13(12)17-14(18)9-19-11-4-2-1-3-5-11/h1-8H,9,16H2,(H,17,18). The highest BCUT2D eigenvalue weighted by Crippen LogP contribution is 2.24. The first kappa shape index (κ1) is 13.8. The van der Waals surface area contributed by atoms with Crippen molar-refractivity contribution in [3.63, 3.8) is 0 Å². The van der Waals surface area contributed by atoms with Crippen molar-refractivity contribution in [2.75, 3.05) is 16.8 Å². The van der Waals surface area contributed by atoms with Gasteiger partial charge in [0.25, 0.3) is 0 Å². The molecule has 0 aromatic heterocycles. The first-order chi connectivity index (χ1) is 9.15. The number of rotatable bonds is 4. The zero-order valence-corrected chi connectivity index (χ0v) is 11.7. The Morgan fingerprint density at radius 1 is 1.21 bits per heavy atom. The highest BCUT2D eigenvalue weighted by atomic mass is 35.5. The van der Waals surface area contributed by atoms with Gasteiger partial charge in [-0.25, -0.2) is 0 Å². The average molecular weight is 293 g/mol. The lowest BCUT2D eigenvalue weighted by molar-refractivity contribution is -0.113. The number of hydrogen-bond donors (Lipinski definition) is 2. The molecule has 0 radical (unpaired) electrons. The lowest BCUT2D eigenvalue weighted by Crippen LogP contribution is -2.14. The number of anilines is 2. The third-order valence-corrected chi connectivity index (χ3v) is 3.71. The van der Waals surface area contributed by atoms with E-state index in [1.165, 1.54) is 11.8 Å². The summed E-state index contributed by atoms with van der Waals surface area (Å²) in [5, 5.41) is 3.20. The quantitative estimate of drug-likeness (QED) is 0.668. The summed E-state index contributed by atoms with van der Waals surface area (Å²) in [6.07, 6.45) is 0. The van der Waals surface area contributed by atoms with Gasteiger partial charge in [-0.2, -0.15) is 0 Å². The Morgan fingerprint density at radius 2 is 1.95 bits per heavy atom. The second kappa shape index (κ2) is 6.50. The number of thioether (sulfide) groups is 1. The van der Waals surface area contributed by atoms with E-state index in [9.17, 15) is 4.79 Å². The molecule has 2 aromatic rings. The molecule has 1 amide bonds. The largest absolute Gasteiger partial charge is 0.399 e. The maximum absolute atomic E-state index is 11.8. The van der Waals surface area contributed by atoms with Crippen molar-refractivity contribution in [1.29, 1.82) is 0 Å². The van der Waals surface area contributed by atoms with Crippen molar-refractivity contribution < 1.29 is 4.79 Å². The molecule has 0 unspecified atom stereocenters. The number of carbonyl (C=O) groups excluding carboxylic acids is 1. The van der Waals surface area contributed by atoms with Gasteiger partial charge in [0.2, 0.25) is 5.91 Å². The number of nitrogens with one attached hydrogen (secondary N) is 1. The Balaban J connectivity index is 1.91. The Kier molecular flexibility index (Phi) is 4.71. The van der Waals surface area contributed by atoms with Crippen LogP contribution in [-0.4, -0.2) is 11.7 Å². The van der Waals surface area contributed by atoms with Crippen molar-refractivity contribution in [3.05, 3.63) is 53.6 Å². The summed E-state index contributed by atoms with van der Waals surface area (Å²) < 4.78 is 0. The lowest BCUT2D eigenvalue weighted by Gasteiger charge is -2.07. The summed E-state index contributed by atoms with van der Waals surface area (Å²) in [4.78, 5) is 12.9. The van der Waals surface area contributed by atoms with Crippen molar-refractivity contribution in [2.24, 2.45) is 0 Å². The highest BCUT2D eigenvalue weighted by molar-refractivity contribution is 8.00. The van der Waals surface area contributed by atoms with Crippen LogP contribution in [0.25, 0.3) is 0 Å². The van der Waals surface area contributed by atoms with E-state index in [1.807, 2.05) is 30.3 Å². The summed E-state index contributed by atoms with van der Waals surface area (Å²) in [6.45, 7) is 0. The van der Waals surface area contributed by atoms with Crippen LogP contribution in [-0.2, 0) is 4.79 Å². The topological polar surface area (TPSA) is 55.1 Å². The normalized spacial score (nSPS) is 10.2. The molecule has 0 spiro atoms. The van der Waals surface area contributed by atoms with Crippen LogP contribution in [0.4, 0.5) is 11.4 Å². The molecule has 98 valence electrons. The maximum atomic E-state index is 11.8. The molecule has 0 aliphatic heterocycles. The van der Waals surface area contributed by atoms with Crippen LogP contribution in [0.5, 0.6) is 0 Å². The van der Waals surface area contributed by atoms with Gasteiger partial charge in [-0.05, 0) is 30.3 Å². The van der Waals surface area contributed by atoms with Crippen LogP contribution in [0.3, 0.4) is 0 Å². The highest BCUT2D eigenvalue weighted by Gasteiger charge is 2.06. The predicted molar refractivity (Wildman–Crippen MR) is 81.7 cm³/mol. The van der Waals surface area contributed by atoms with E-state index in [4.69, 9.17) is 17.3 Å². The summed E-state index contributed by atoms with van der Waals surface area (Å²) in [5.41, 5.74) is 6.74. The van der Waals surface area contributed by atoms with Crippen LogP contribution < -0.4 is 11.1 Å². The van der Waals surface area contributed by atoms with Crippen LogP contribution in [0.1, 0.15) is 0 Å². The van der Waals surface area contributed by atoms with Gasteiger partial charge in [-0.3, -0.25) is 4.79 Å². The van der Waals surface area contributed by atoms with Gasteiger partial charge in [0.1, 0.15) is 0 Å². The minimum Gasteiger partial charge on any atom is -0.399 e. The molecule has 0 heterocycles. The zero-order chi connectivity index (χ0) is 13.7. The summed E-state index contributed by atoms with van der Waals surface area (Å²) >= 11 is 7.47. The van der Waals surface area contributed by atoms with E-state index in [0.717, 1.165) is 4.90 Å². The second-order valence-corrected chi connectivity index (χ2v) is 5.35. The van der Waals surface area contributed by atoms with Gasteiger partial charge < -0.3 is 11.1 Å². The van der Waals surface area contributed by atoms with E-state index in [0.29, 0.717) is 22.2 Å². The monoisotopic (exact) mass is 292 g/mol. The summed E-state index contributed by atoms with van der Waals surface area (Å²) in [5.74, 6) is 0.241. The van der Waals surface area contributed by atoms with Gasteiger partial charge in [-0.1, -0.05) is 29.8 Å². The molecular formula is C14H13ClN2OS. The smallest absolute Gasteiger partial charge is 0.234 e. The molecule has 3 N–H and O–H groups in total. The molecular weight excluding hydrogens is 280 g/mol. The molecule has 0 atom stereocenters. The predicted octanol–water partition coefficient (Wildman–Crippen LogP) is 3.65. The van der Waals surface area contributed by atoms with Crippen molar-refractivity contribution in [1.82, 2.24) is 0 Å². The Hall–Kier alpha value is -1.65. The minimum atomic E-state index is -0.0967. The molecule has 2 rings (SSSR count). The Bertz CT molecular complexity index is 575. The second-order valence-electron chi connectivity index (χ2n) is 3.89. The fourth-order valence-corrected chi connectivity index (χ4v) is 2.44.